The Morgan fingerprint density at radius 2 is 1.89 bits per heavy atom. The van der Waals surface area contributed by atoms with Gasteiger partial charge in [-0.05, 0) is 42.9 Å². The van der Waals surface area contributed by atoms with Gasteiger partial charge in [-0.15, -0.1) is 0 Å². The zero-order valence-corrected chi connectivity index (χ0v) is 17.2. The highest BCUT2D eigenvalue weighted by molar-refractivity contribution is 7.89. The summed E-state index contributed by atoms with van der Waals surface area (Å²) in [5.41, 5.74) is 1.22. The molecule has 0 bridgehead atoms. The number of carbonyl (C=O) groups is 1. The van der Waals surface area contributed by atoms with E-state index in [4.69, 9.17) is 4.74 Å². The first-order chi connectivity index (χ1) is 12.8. The number of morpholine rings is 1. The van der Waals surface area contributed by atoms with Crippen LogP contribution < -0.4 is 5.32 Å². The molecule has 1 aliphatic carbocycles. The topological polar surface area (TPSA) is 75.7 Å². The Hall–Kier alpha value is -1.44. The maximum absolute atomic E-state index is 12.9. The molecular formula is C20H30N2O4S. The van der Waals surface area contributed by atoms with Crippen molar-refractivity contribution >= 4 is 15.9 Å². The van der Waals surface area contributed by atoms with Crippen molar-refractivity contribution in [2.75, 3.05) is 26.3 Å². The van der Waals surface area contributed by atoms with Gasteiger partial charge in [0, 0.05) is 24.7 Å². The number of carbonyl (C=O) groups excluding carboxylic acids is 1. The first-order valence-electron chi connectivity index (χ1n) is 9.80. The summed E-state index contributed by atoms with van der Waals surface area (Å²) >= 11 is 0. The van der Waals surface area contributed by atoms with Gasteiger partial charge in [0.1, 0.15) is 0 Å². The van der Waals surface area contributed by atoms with Gasteiger partial charge in [-0.25, -0.2) is 8.42 Å². The second kappa shape index (κ2) is 8.29. The largest absolute Gasteiger partial charge is 0.379 e. The van der Waals surface area contributed by atoms with E-state index in [-0.39, 0.29) is 16.8 Å². The third-order valence-corrected chi connectivity index (χ3v) is 7.98. The molecule has 3 atom stereocenters. The van der Waals surface area contributed by atoms with Crippen molar-refractivity contribution in [1.29, 1.82) is 0 Å². The van der Waals surface area contributed by atoms with E-state index in [1.807, 2.05) is 6.92 Å². The van der Waals surface area contributed by atoms with Crippen LogP contribution in [0.25, 0.3) is 0 Å². The summed E-state index contributed by atoms with van der Waals surface area (Å²) in [5, 5.41) is 3.15. The highest BCUT2D eigenvalue weighted by atomic mass is 32.2. The van der Waals surface area contributed by atoms with E-state index in [0.717, 1.165) is 18.4 Å². The quantitative estimate of drug-likeness (QED) is 0.852. The molecule has 2 fully saturated rings. The number of sulfonamides is 1. The van der Waals surface area contributed by atoms with Crippen molar-refractivity contribution in [2.24, 2.45) is 11.8 Å². The number of nitrogens with one attached hydrogen (secondary N) is 1. The van der Waals surface area contributed by atoms with Gasteiger partial charge in [0.25, 0.3) is 5.91 Å². The van der Waals surface area contributed by atoms with E-state index in [9.17, 15) is 13.2 Å². The standard InChI is InChI=1S/C20H30N2O4S/c1-14-5-4-6-19(16(14)3)21-20(23)18-13-17(8-7-15(18)2)27(24,25)22-9-11-26-12-10-22/h7-8,13-14,16,19H,4-6,9-12H2,1-3H3,(H,21,23)/t14-,16-,19-/m0/s1. The van der Waals surface area contributed by atoms with Gasteiger partial charge in [0.05, 0.1) is 18.1 Å². The maximum atomic E-state index is 12.9. The van der Waals surface area contributed by atoms with Crippen molar-refractivity contribution in [2.45, 2.75) is 51.0 Å². The lowest BCUT2D eigenvalue weighted by Crippen LogP contribution is -2.44. The minimum Gasteiger partial charge on any atom is -0.379 e. The lowest BCUT2D eigenvalue weighted by molar-refractivity contribution is 0.0730. The molecule has 0 unspecified atom stereocenters. The summed E-state index contributed by atoms with van der Waals surface area (Å²) in [5.74, 6) is 0.818. The molecule has 150 valence electrons. The number of rotatable bonds is 4. The van der Waals surface area contributed by atoms with Crippen molar-refractivity contribution in [3.63, 3.8) is 0 Å². The molecule has 0 aromatic heterocycles. The second-order valence-electron chi connectivity index (χ2n) is 7.84. The summed E-state index contributed by atoms with van der Waals surface area (Å²) in [7, 11) is -3.61. The molecule has 1 aromatic rings. The van der Waals surface area contributed by atoms with E-state index in [1.165, 1.54) is 16.8 Å². The highest BCUT2D eigenvalue weighted by Gasteiger charge is 2.30. The lowest BCUT2D eigenvalue weighted by Gasteiger charge is -2.34. The van der Waals surface area contributed by atoms with Gasteiger partial charge in [-0.1, -0.05) is 32.8 Å². The molecule has 27 heavy (non-hydrogen) atoms. The third-order valence-electron chi connectivity index (χ3n) is 6.08. The monoisotopic (exact) mass is 394 g/mol. The van der Waals surface area contributed by atoms with Gasteiger partial charge in [-0.3, -0.25) is 4.79 Å². The Morgan fingerprint density at radius 1 is 1.19 bits per heavy atom. The molecular weight excluding hydrogens is 364 g/mol. The fraction of sp³-hybridized carbons (Fsp3) is 0.650. The Labute approximate surface area is 162 Å². The average molecular weight is 395 g/mol. The van der Waals surface area contributed by atoms with Crippen LogP contribution in [-0.2, 0) is 14.8 Å². The Bertz CT molecular complexity index is 787. The second-order valence-corrected chi connectivity index (χ2v) is 9.78. The first kappa shape index (κ1) is 20.3. The predicted molar refractivity (Wildman–Crippen MR) is 104 cm³/mol. The molecule has 1 saturated heterocycles. The zero-order chi connectivity index (χ0) is 19.6. The molecule has 3 rings (SSSR count). The lowest BCUT2D eigenvalue weighted by atomic mass is 9.78. The molecule has 1 aromatic carbocycles. The van der Waals surface area contributed by atoms with Crippen LogP contribution in [0.3, 0.4) is 0 Å². The summed E-state index contributed by atoms with van der Waals surface area (Å²) < 4.78 is 32.5. The summed E-state index contributed by atoms with van der Waals surface area (Å²) in [6.07, 6.45) is 3.28. The number of aryl methyl sites for hydroxylation is 1. The normalized spacial score (nSPS) is 27.3. The van der Waals surface area contributed by atoms with E-state index >= 15 is 0 Å². The van der Waals surface area contributed by atoms with Crippen LogP contribution in [0.5, 0.6) is 0 Å². The number of amides is 1. The van der Waals surface area contributed by atoms with Gasteiger partial charge in [-0.2, -0.15) is 4.31 Å². The fourth-order valence-corrected chi connectivity index (χ4v) is 5.41. The molecule has 1 heterocycles. The van der Waals surface area contributed by atoms with Crippen molar-refractivity contribution < 1.29 is 17.9 Å². The molecule has 7 heteroatoms. The van der Waals surface area contributed by atoms with E-state index in [1.54, 1.807) is 12.1 Å². The molecule has 1 amide bonds. The minimum absolute atomic E-state index is 0.139. The van der Waals surface area contributed by atoms with Crippen LogP contribution in [-0.4, -0.2) is 51.0 Å². The van der Waals surface area contributed by atoms with E-state index in [0.29, 0.717) is 43.7 Å². The van der Waals surface area contributed by atoms with Crippen molar-refractivity contribution in [1.82, 2.24) is 9.62 Å². The van der Waals surface area contributed by atoms with Crippen LogP contribution in [0.2, 0.25) is 0 Å². The molecule has 2 aliphatic rings. The first-order valence-corrected chi connectivity index (χ1v) is 11.2. The smallest absolute Gasteiger partial charge is 0.251 e. The fourth-order valence-electron chi connectivity index (χ4n) is 3.97. The van der Waals surface area contributed by atoms with Crippen molar-refractivity contribution in [3.05, 3.63) is 29.3 Å². The number of hydrogen-bond donors (Lipinski definition) is 1. The Kier molecular flexibility index (Phi) is 6.23. The minimum atomic E-state index is -3.61. The number of nitrogens with zero attached hydrogens (tertiary/aromatic N) is 1. The summed E-state index contributed by atoms with van der Waals surface area (Å²) in [4.78, 5) is 13.1. The Balaban J connectivity index is 1.81. The number of hydrogen-bond acceptors (Lipinski definition) is 4. The molecule has 1 aliphatic heterocycles. The molecule has 1 N–H and O–H groups in total. The van der Waals surface area contributed by atoms with Gasteiger partial charge >= 0.3 is 0 Å². The zero-order valence-electron chi connectivity index (χ0n) is 16.4. The molecule has 1 saturated carbocycles. The molecule has 6 nitrogen and oxygen atoms in total. The van der Waals surface area contributed by atoms with E-state index < -0.39 is 10.0 Å². The Morgan fingerprint density at radius 3 is 2.59 bits per heavy atom. The highest BCUT2D eigenvalue weighted by Crippen LogP contribution is 2.30. The van der Waals surface area contributed by atoms with E-state index in [2.05, 4.69) is 19.2 Å². The summed E-state index contributed by atoms with van der Waals surface area (Å²) in [6.45, 7) is 7.73. The number of benzene rings is 1. The van der Waals surface area contributed by atoms with Crippen LogP contribution >= 0.6 is 0 Å². The third kappa shape index (κ3) is 4.36. The maximum Gasteiger partial charge on any atom is 0.251 e. The summed E-state index contributed by atoms with van der Waals surface area (Å²) in [6, 6.07) is 4.96. The number of ether oxygens (including phenoxy) is 1. The van der Waals surface area contributed by atoms with Gasteiger partial charge < -0.3 is 10.1 Å². The van der Waals surface area contributed by atoms with Gasteiger partial charge in [0.15, 0.2) is 0 Å². The van der Waals surface area contributed by atoms with Crippen LogP contribution in [0.4, 0.5) is 0 Å². The van der Waals surface area contributed by atoms with Crippen LogP contribution in [0.15, 0.2) is 23.1 Å². The van der Waals surface area contributed by atoms with Crippen LogP contribution in [0, 0.1) is 18.8 Å². The predicted octanol–water partition coefficient (Wildman–Crippen LogP) is 2.57. The van der Waals surface area contributed by atoms with Crippen LogP contribution in [0.1, 0.15) is 49.0 Å². The average Bonchev–Trinajstić information content (AvgIpc) is 2.66. The molecule has 0 radical (unpaired) electrons. The van der Waals surface area contributed by atoms with Crippen molar-refractivity contribution in [3.8, 4) is 0 Å². The van der Waals surface area contributed by atoms with Gasteiger partial charge in [0.2, 0.25) is 10.0 Å². The molecule has 0 spiro atoms. The SMILES string of the molecule is Cc1ccc(S(=O)(=O)N2CCOCC2)cc1C(=O)N[C@H]1CCC[C@H](C)[C@@H]1C.